The third-order valence-corrected chi connectivity index (χ3v) is 4.61. The van der Waals surface area contributed by atoms with Crippen molar-refractivity contribution in [3.63, 3.8) is 0 Å². The zero-order chi connectivity index (χ0) is 17.1. The second kappa shape index (κ2) is 6.95. The number of ether oxygens (including phenoxy) is 4. The van der Waals surface area contributed by atoms with Crippen molar-refractivity contribution in [1.82, 2.24) is 5.32 Å². The highest BCUT2D eigenvalue weighted by Crippen LogP contribution is 2.43. The summed E-state index contributed by atoms with van der Waals surface area (Å²) >= 11 is 0. The van der Waals surface area contributed by atoms with Gasteiger partial charge in [0.25, 0.3) is 0 Å². The molecule has 1 amide bonds. The summed E-state index contributed by atoms with van der Waals surface area (Å²) < 4.78 is 22.7. The summed E-state index contributed by atoms with van der Waals surface area (Å²) in [6, 6.07) is -0.0238. The Labute approximate surface area is 139 Å². The van der Waals surface area contributed by atoms with Gasteiger partial charge in [-0.25, -0.2) is 4.79 Å². The van der Waals surface area contributed by atoms with Crippen molar-refractivity contribution in [2.75, 3.05) is 20.3 Å². The summed E-state index contributed by atoms with van der Waals surface area (Å²) in [6.07, 6.45) is 3.76. The Hall–Kier alpha value is -0.850. The van der Waals surface area contributed by atoms with Gasteiger partial charge in [-0.2, -0.15) is 0 Å². The van der Waals surface area contributed by atoms with E-state index < -0.39 is 11.4 Å². The number of carbonyl (C=O) groups excluding carboxylic acids is 1. The van der Waals surface area contributed by atoms with Gasteiger partial charge < -0.3 is 24.3 Å². The van der Waals surface area contributed by atoms with E-state index in [1.165, 1.54) is 0 Å². The molecular weight excluding hydrogens is 298 g/mol. The molecule has 6 heteroatoms. The van der Waals surface area contributed by atoms with E-state index in [0.717, 1.165) is 32.1 Å². The zero-order valence-corrected chi connectivity index (χ0v) is 15.1. The average molecular weight is 329 g/mol. The van der Waals surface area contributed by atoms with Gasteiger partial charge in [0.15, 0.2) is 5.79 Å². The smallest absolute Gasteiger partial charge is 0.407 e. The van der Waals surface area contributed by atoms with Crippen molar-refractivity contribution >= 4 is 6.09 Å². The molecule has 23 heavy (non-hydrogen) atoms. The molecule has 0 aromatic carbocycles. The van der Waals surface area contributed by atoms with E-state index in [1.807, 2.05) is 27.7 Å². The van der Waals surface area contributed by atoms with Crippen LogP contribution in [0.25, 0.3) is 0 Å². The highest BCUT2D eigenvalue weighted by Gasteiger charge is 2.47. The van der Waals surface area contributed by atoms with Gasteiger partial charge >= 0.3 is 6.09 Å². The van der Waals surface area contributed by atoms with Crippen molar-refractivity contribution in [2.45, 2.75) is 82.8 Å². The van der Waals surface area contributed by atoms with Gasteiger partial charge in [0.2, 0.25) is 0 Å². The molecule has 0 aromatic rings. The van der Waals surface area contributed by atoms with Crippen molar-refractivity contribution < 1.29 is 23.7 Å². The molecule has 1 atom stereocenters. The minimum Gasteiger partial charge on any atom is -0.444 e. The minimum absolute atomic E-state index is 0.0238. The maximum atomic E-state index is 11.9. The summed E-state index contributed by atoms with van der Waals surface area (Å²) in [5, 5.41) is 2.90. The number of alkyl carbamates (subject to hydrolysis) is 1. The van der Waals surface area contributed by atoms with Gasteiger partial charge in [-0.3, -0.25) is 0 Å². The number of methoxy groups -OCH3 is 1. The topological polar surface area (TPSA) is 66.0 Å². The van der Waals surface area contributed by atoms with Gasteiger partial charge in [-0.05, 0) is 47.0 Å². The quantitative estimate of drug-likeness (QED) is 0.859. The standard InChI is InChI=1S/C17H31NO5/c1-13(18-14(19)23-15(2,3)4)12-16(20-5)6-8-17(9-7-16)21-10-11-22-17/h13H,6-12H2,1-5H3,(H,18,19)/t13-/m0/s1. The molecule has 0 unspecified atom stereocenters. The van der Waals surface area contributed by atoms with E-state index in [4.69, 9.17) is 18.9 Å². The molecular formula is C17H31NO5. The lowest BCUT2D eigenvalue weighted by atomic mass is 9.77. The normalized spacial score (nSPS) is 24.4. The van der Waals surface area contributed by atoms with Crippen LogP contribution in [0, 0.1) is 0 Å². The molecule has 2 fully saturated rings. The van der Waals surface area contributed by atoms with Crippen LogP contribution in [0.3, 0.4) is 0 Å². The maximum absolute atomic E-state index is 11.9. The summed E-state index contributed by atoms with van der Waals surface area (Å²) in [7, 11) is 1.74. The lowest BCUT2D eigenvalue weighted by molar-refractivity contribution is -0.208. The van der Waals surface area contributed by atoms with Gasteiger partial charge in [-0.1, -0.05) is 0 Å². The third kappa shape index (κ3) is 5.06. The zero-order valence-electron chi connectivity index (χ0n) is 15.1. The predicted octanol–water partition coefficient (Wildman–Crippen LogP) is 2.99. The van der Waals surface area contributed by atoms with Gasteiger partial charge in [0.1, 0.15) is 5.60 Å². The van der Waals surface area contributed by atoms with Crippen molar-refractivity contribution in [1.29, 1.82) is 0 Å². The lowest BCUT2D eigenvalue weighted by Crippen LogP contribution is -2.48. The van der Waals surface area contributed by atoms with E-state index in [0.29, 0.717) is 13.2 Å². The van der Waals surface area contributed by atoms with E-state index in [2.05, 4.69) is 5.32 Å². The fourth-order valence-electron chi connectivity index (χ4n) is 3.48. The van der Waals surface area contributed by atoms with Gasteiger partial charge in [0.05, 0.1) is 18.8 Å². The van der Waals surface area contributed by atoms with Crippen LogP contribution >= 0.6 is 0 Å². The highest BCUT2D eigenvalue weighted by atomic mass is 16.7. The number of carbonyl (C=O) groups is 1. The fraction of sp³-hybridized carbons (Fsp3) is 0.941. The number of rotatable bonds is 4. The Morgan fingerprint density at radius 2 is 1.74 bits per heavy atom. The van der Waals surface area contributed by atoms with Crippen LogP contribution in [0.4, 0.5) is 4.79 Å². The summed E-state index contributed by atoms with van der Waals surface area (Å²) in [6.45, 7) is 8.91. The second-order valence-electron chi connectivity index (χ2n) is 7.75. The van der Waals surface area contributed by atoms with Crippen LogP contribution < -0.4 is 5.32 Å². The first-order valence-corrected chi connectivity index (χ1v) is 8.50. The largest absolute Gasteiger partial charge is 0.444 e. The Morgan fingerprint density at radius 1 is 1.17 bits per heavy atom. The molecule has 1 heterocycles. The molecule has 1 saturated heterocycles. The molecule has 1 spiro atoms. The molecule has 2 rings (SSSR count). The molecule has 1 aliphatic carbocycles. The van der Waals surface area contributed by atoms with Crippen molar-refractivity contribution in [3.05, 3.63) is 0 Å². The Morgan fingerprint density at radius 3 is 2.22 bits per heavy atom. The van der Waals surface area contributed by atoms with Crippen LogP contribution in [0.1, 0.15) is 59.8 Å². The van der Waals surface area contributed by atoms with E-state index in [9.17, 15) is 4.79 Å². The first-order valence-electron chi connectivity index (χ1n) is 8.50. The SMILES string of the molecule is COC1(C[C@H](C)NC(=O)OC(C)(C)C)CCC2(CC1)OCCO2. The van der Waals surface area contributed by atoms with Crippen LogP contribution in [0.5, 0.6) is 0 Å². The molecule has 1 aliphatic heterocycles. The monoisotopic (exact) mass is 329 g/mol. The molecule has 134 valence electrons. The number of nitrogens with one attached hydrogen (secondary N) is 1. The minimum atomic E-state index is -0.489. The van der Waals surface area contributed by atoms with E-state index >= 15 is 0 Å². The molecule has 1 N–H and O–H groups in total. The number of hydrogen-bond donors (Lipinski definition) is 1. The van der Waals surface area contributed by atoms with Crippen molar-refractivity contribution in [2.24, 2.45) is 0 Å². The van der Waals surface area contributed by atoms with E-state index in [1.54, 1.807) is 7.11 Å². The van der Waals surface area contributed by atoms with Gasteiger partial charge in [0, 0.05) is 26.0 Å². The molecule has 0 radical (unpaired) electrons. The summed E-state index contributed by atoms with van der Waals surface area (Å²) in [5.74, 6) is -0.399. The Bertz CT molecular complexity index is 402. The second-order valence-corrected chi connectivity index (χ2v) is 7.75. The Balaban J connectivity index is 1.85. The van der Waals surface area contributed by atoms with Gasteiger partial charge in [-0.15, -0.1) is 0 Å². The van der Waals surface area contributed by atoms with Crippen molar-refractivity contribution in [3.8, 4) is 0 Å². The molecule has 6 nitrogen and oxygen atoms in total. The number of hydrogen-bond acceptors (Lipinski definition) is 5. The van der Waals surface area contributed by atoms with Crippen LogP contribution in [-0.2, 0) is 18.9 Å². The van der Waals surface area contributed by atoms with Crippen LogP contribution in [-0.4, -0.2) is 49.4 Å². The third-order valence-electron chi connectivity index (χ3n) is 4.61. The number of amides is 1. The maximum Gasteiger partial charge on any atom is 0.407 e. The molecule has 0 aromatic heterocycles. The van der Waals surface area contributed by atoms with E-state index in [-0.39, 0.29) is 17.7 Å². The first kappa shape index (κ1) is 18.5. The predicted molar refractivity (Wildman–Crippen MR) is 86.3 cm³/mol. The summed E-state index contributed by atoms with van der Waals surface area (Å²) in [4.78, 5) is 11.9. The fourth-order valence-corrected chi connectivity index (χ4v) is 3.48. The first-order chi connectivity index (χ1) is 10.7. The molecule has 0 bridgehead atoms. The van der Waals surface area contributed by atoms with Crippen LogP contribution in [0.15, 0.2) is 0 Å². The van der Waals surface area contributed by atoms with Crippen LogP contribution in [0.2, 0.25) is 0 Å². The average Bonchev–Trinajstić information content (AvgIpc) is 2.88. The Kier molecular flexibility index (Phi) is 5.59. The summed E-state index contributed by atoms with van der Waals surface area (Å²) in [5.41, 5.74) is -0.730. The lowest BCUT2D eigenvalue weighted by Gasteiger charge is -2.44. The molecule has 2 aliphatic rings. The highest BCUT2D eigenvalue weighted by molar-refractivity contribution is 5.68. The molecule has 1 saturated carbocycles.